The third-order valence-corrected chi connectivity index (χ3v) is 7.57. The molecule has 5 aromatic rings. The first kappa shape index (κ1) is 25.4. The lowest BCUT2D eigenvalue weighted by molar-refractivity contribution is -0.142. The van der Waals surface area contributed by atoms with Crippen molar-refractivity contribution in [2.45, 2.75) is 25.9 Å². The van der Waals surface area contributed by atoms with Gasteiger partial charge in [0.1, 0.15) is 17.2 Å². The van der Waals surface area contributed by atoms with Crippen LogP contribution < -0.4 is 10.2 Å². The molecule has 1 aliphatic rings. The van der Waals surface area contributed by atoms with Crippen LogP contribution in [0.2, 0.25) is 0 Å². The Morgan fingerprint density at radius 2 is 1.95 bits per heavy atom. The topological polar surface area (TPSA) is 172 Å². The van der Waals surface area contributed by atoms with Crippen molar-refractivity contribution in [3.05, 3.63) is 64.0 Å². The summed E-state index contributed by atoms with van der Waals surface area (Å²) in [7, 11) is 1.41. The molecule has 6 rings (SSSR count). The summed E-state index contributed by atoms with van der Waals surface area (Å²) < 4.78 is 8.67. The number of aryl methyl sites for hydroxylation is 1. The number of carboxylic acid groups (broad SMARTS) is 1. The van der Waals surface area contributed by atoms with Crippen molar-refractivity contribution >= 4 is 50.5 Å². The van der Waals surface area contributed by atoms with E-state index in [1.54, 1.807) is 4.57 Å². The number of rotatable bonds is 6. The molecule has 13 nitrogen and oxygen atoms in total. The molecule has 4 heterocycles. The van der Waals surface area contributed by atoms with Crippen molar-refractivity contribution < 1.29 is 23.9 Å². The van der Waals surface area contributed by atoms with Gasteiger partial charge in [-0.2, -0.15) is 0 Å². The molecule has 14 heteroatoms. The van der Waals surface area contributed by atoms with Gasteiger partial charge in [0.2, 0.25) is 6.04 Å². The standard InChI is InChI=1S/C26H21BrN8O5/c1-3-17-28-23-20(24(36)29-19(26(38)39)25(37)34(23)2)35(17)11-12-8-9-16-15(10-12)18(27)21(40-16)13-6-4-5-7-14(13)22-30-32-33-31-22/h4-10,19H,3,11H2,1-2H3,(H,29,36)(H,38,39)(H,30,31,32,33). The van der Waals surface area contributed by atoms with E-state index in [4.69, 9.17) is 4.42 Å². The molecule has 2 amide bonds. The Morgan fingerprint density at radius 1 is 1.18 bits per heavy atom. The molecule has 40 heavy (non-hydrogen) atoms. The van der Waals surface area contributed by atoms with Gasteiger partial charge in [-0.1, -0.05) is 37.3 Å². The molecule has 1 aliphatic heterocycles. The molecule has 3 aromatic heterocycles. The van der Waals surface area contributed by atoms with Crippen LogP contribution in [-0.4, -0.2) is 66.2 Å². The summed E-state index contributed by atoms with van der Waals surface area (Å²) >= 11 is 3.70. The number of aromatic amines is 1. The van der Waals surface area contributed by atoms with Crippen molar-refractivity contribution in [1.82, 2.24) is 35.5 Å². The van der Waals surface area contributed by atoms with Gasteiger partial charge >= 0.3 is 5.97 Å². The number of likely N-dealkylation sites (N-methyl/N-ethyl adjacent to an activating group) is 1. The number of aromatic nitrogens is 6. The van der Waals surface area contributed by atoms with Gasteiger partial charge in [0.05, 0.1) is 4.47 Å². The number of anilines is 1. The second-order valence-electron chi connectivity index (χ2n) is 9.15. The molecular formula is C26H21BrN8O5. The Balaban J connectivity index is 1.41. The Hall–Kier alpha value is -4.85. The van der Waals surface area contributed by atoms with E-state index in [1.807, 2.05) is 49.4 Å². The zero-order valence-electron chi connectivity index (χ0n) is 21.2. The number of fused-ring (bicyclic) bond motifs is 2. The van der Waals surface area contributed by atoms with Crippen LogP contribution in [0.5, 0.6) is 0 Å². The average Bonchev–Trinajstić information content (AvgIpc) is 3.67. The van der Waals surface area contributed by atoms with Crippen LogP contribution in [0.1, 0.15) is 28.8 Å². The molecule has 3 N–H and O–H groups in total. The third kappa shape index (κ3) is 4.04. The fourth-order valence-electron chi connectivity index (χ4n) is 4.84. The number of carbonyl (C=O) groups excluding carboxylic acids is 2. The lowest BCUT2D eigenvalue weighted by Crippen LogP contribution is -2.49. The summed E-state index contributed by atoms with van der Waals surface area (Å²) in [6, 6.07) is 11.6. The van der Waals surface area contributed by atoms with Gasteiger partial charge in [-0.25, -0.2) is 14.9 Å². The largest absolute Gasteiger partial charge is 0.479 e. The van der Waals surface area contributed by atoms with Gasteiger partial charge in [-0.15, -0.1) is 5.10 Å². The van der Waals surface area contributed by atoms with Gasteiger partial charge in [0.25, 0.3) is 11.8 Å². The summed E-state index contributed by atoms with van der Waals surface area (Å²) in [6.45, 7) is 2.14. The number of imidazole rings is 1. The second kappa shape index (κ2) is 9.72. The van der Waals surface area contributed by atoms with Crippen LogP contribution in [0.4, 0.5) is 5.82 Å². The number of nitrogens with zero attached hydrogens (tertiary/aromatic N) is 6. The Labute approximate surface area is 234 Å². The van der Waals surface area contributed by atoms with Gasteiger partial charge < -0.3 is 19.4 Å². The number of nitrogens with one attached hydrogen (secondary N) is 2. The molecular weight excluding hydrogens is 584 g/mol. The van der Waals surface area contributed by atoms with Gasteiger partial charge in [-0.3, -0.25) is 14.5 Å². The molecule has 0 fully saturated rings. The highest BCUT2D eigenvalue weighted by molar-refractivity contribution is 9.10. The molecule has 0 radical (unpaired) electrons. The SMILES string of the molecule is CCc1nc2c(n1Cc1ccc3oc(-c4ccccc4-c4nnn[nH]4)c(Br)c3c1)C(=O)NC(C(=O)O)C(=O)N2C. The first-order chi connectivity index (χ1) is 19.3. The molecule has 0 saturated carbocycles. The highest BCUT2D eigenvalue weighted by Gasteiger charge is 2.40. The smallest absolute Gasteiger partial charge is 0.336 e. The minimum Gasteiger partial charge on any atom is -0.479 e. The normalized spacial score (nSPS) is 15.3. The van der Waals surface area contributed by atoms with Gasteiger partial charge in [0, 0.05) is 36.5 Å². The molecule has 0 aliphatic carbocycles. The van der Waals surface area contributed by atoms with Crippen LogP contribution in [0, 0.1) is 0 Å². The molecule has 0 saturated heterocycles. The van der Waals surface area contributed by atoms with Crippen LogP contribution in [-0.2, 0) is 22.6 Å². The predicted octanol–water partition coefficient (Wildman–Crippen LogP) is 3.01. The van der Waals surface area contributed by atoms with Crippen molar-refractivity contribution in [1.29, 1.82) is 0 Å². The second-order valence-corrected chi connectivity index (χ2v) is 9.95. The Morgan fingerprint density at radius 3 is 2.65 bits per heavy atom. The van der Waals surface area contributed by atoms with Gasteiger partial charge in [0.15, 0.2) is 17.3 Å². The number of hydrogen-bond acceptors (Lipinski definition) is 8. The van der Waals surface area contributed by atoms with E-state index in [0.717, 1.165) is 31.4 Å². The van der Waals surface area contributed by atoms with Crippen molar-refractivity contribution in [2.75, 3.05) is 11.9 Å². The van der Waals surface area contributed by atoms with Gasteiger partial charge in [-0.05, 0) is 44.1 Å². The monoisotopic (exact) mass is 604 g/mol. The summed E-state index contributed by atoms with van der Waals surface area (Å²) in [4.78, 5) is 43.1. The van der Waals surface area contributed by atoms with Crippen LogP contribution in [0.25, 0.3) is 33.7 Å². The first-order valence-electron chi connectivity index (χ1n) is 12.2. The third-order valence-electron chi connectivity index (χ3n) is 6.78. The van der Waals surface area contributed by atoms with Crippen LogP contribution in [0.3, 0.4) is 0 Å². The molecule has 202 valence electrons. The van der Waals surface area contributed by atoms with Crippen molar-refractivity contribution in [3.63, 3.8) is 0 Å². The zero-order valence-corrected chi connectivity index (χ0v) is 22.8. The van der Waals surface area contributed by atoms with E-state index in [0.29, 0.717) is 29.4 Å². The average molecular weight is 605 g/mol. The number of halogens is 1. The first-order valence-corrected chi connectivity index (χ1v) is 13.0. The number of amides is 2. The van der Waals surface area contributed by atoms with E-state index in [9.17, 15) is 19.5 Å². The molecule has 0 spiro atoms. The summed E-state index contributed by atoms with van der Waals surface area (Å²) in [5, 5.41) is 26.8. The summed E-state index contributed by atoms with van der Waals surface area (Å²) in [5.74, 6) is -1.09. The number of carboxylic acids is 1. The number of aliphatic carboxylic acids is 1. The number of furan rings is 1. The lowest BCUT2D eigenvalue weighted by Gasteiger charge is -2.16. The summed E-state index contributed by atoms with van der Waals surface area (Å²) in [5.41, 5.74) is 3.16. The zero-order chi connectivity index (χ0) is 28.1. The van der Waals surface area contributed by atoms with Crippen LogP contribution >= 0.6 is 15.9 Å². The minimum atomic E-state index is -1.70. The van der Waals surface area contributed by atoms with E-state index >= 15 is 0 Å². The van der Waals surface area contributed by atoms with Crippen LogP contribution in [0.15, 0.2) is 51.4 Å². The van der Waals surface area contributed by atoms with E-state index < -0.39 is 23.8 Å². The summed E-state index contributed by atoms with van der Waals surface area (Å²) in [6.07, 6.45) is 0.486. The molecule has 0 bridgehead atoms. The maximum atomic E-state index is 13.2. The maximum absolute atomic E-state index is 13.2. The quantitative estimate of drug-likeness (QED) is 0.246. The lowest BCUT2D eigenvalue weighted by atomic mass is 10.0. The van der Waals surface area contributed by atoms with Crippen molar-refractivity contribution in [3.8, 4) is 22.7 Å². The number of tetrazole rings is 1. The van der Waals surface area contributed by atoms with E-state index in [2.05, 4.69) is 46.9 Å². The number of hydrogen-bond donors (Lipinski definition) is 3. The van der Waals surface area contributed by atoms with E-state index in [-0.39, 0.29) is 18.1 Å². The predicted molar refractivity (Wildman–Crippen MR) is 146 cm³/mol. The molecule has 1 atom stereocenters. The number of carbonyl (C=O) groups is 3. The Bertz CT molecular complexity index is 1810. The minimum absolute atomic E-state index is 0.120. The molecule has 1 unspecified atom stereocenters. The van der Waals surface area contributed by atoms with Crippen molar-refractivity contribution in [2.24, 2.45) is 0 Å². The fourth-order valence-corrected chi connectivity index (χ4v) is 5.44. The molecule has 2 aromatic carbocycles. The Kier molecular flexibility index (Phi) is 6.18. The maximum Gasteiger partial charge on any atom is 0.336 e. The number of H-pyrrole nitrogens is 1. The fraction of sp³-hybridized carbons (Fsp3) is 0.192. The highest BCUT2D eigenvalue weighted by atomic mass is 79.9. The highest BCUT2D eigenvalue weighted by Crippen LogP contribution is 2.41. The van der Waals surface area contributed by atoms with E-state index in [1.165, 1.54) is 7.05 Å². The number of benzene rings is 2.